The number of aromatic amines is 2. The Balaban J connectivity index is 0.000000201. The number of nitrogens with one attached hydrogen (secondary N) is 4. The highest BCUT2D eigenvalue weighted by molar-refractivity contribution is 5.90. The zero-order valence-electron chi connectivity index (χ0n) is 30.3. The van der Waals surface area contributed by atoms with Crippen LogP contribution in [0.25, 0.3) is 22.3 Å². The highest BCUT2D eigenvalue weighted by atomic mass is 16.3. The van der Waals surface area contributed by atoms with Crippen LogP contribution in [0.2, 0.25) is 0 Å². The predicted molar refractivity (Wildman–Crippen MR) is 205 cm³/mol. The molecule has 0 aliphatic heterocycles. The summed E-state index contributed by atoms with van der Waals surface area (Å²) in [5, 5.41) is 28.2. The van der Waals surface area contributed by atoms with Crippen LogP contribution in [0.4, 0.5) is 11.4 Å². The minimum atomic E-state index is -1.13. The van der Waals surface area contributed by atoms with Gasteiger partial charge in [0.05, 0.1) is 36.4 Å². The van der Waals surface area contributed by atoms with Gasteiger partial charge in [-0.05, 0) is 69.5 Å². The maximum atomic E-state index is 11.3. The maximum Gasteiger partial charge on any atom is 0.221 e. The Morgan fingerprint density at radius 2 is 0.942 bits per heavy atom. The first-order valence-corrected chi connectivity index (χ1v) is 17.2. The molecule has 0 bridgehead atoms. The fraction of sp³-hybridized carbons (Fsp3) is 0.238. The van der Waals surface area contributed by atoms with E-state index in [-0.39, 0.29) is 23.7 Å². The summed E-state index contributed by atoms with van der Waals surface area (Å²) in [6.07, 6.45) is 6.46. The van der Waals surface area contributed by atoms with Crippen LogP contribution in [-0.2, 0) is 20.8 Å². The van der Waals surface area contributed by atoms with Crippen molar-refractivity contribution in [1.29, 1.82) is 0 Å². The summed E-state index contributed by atoms with van der Waals surface area (Å²) in [7, 11) is 0. The third-order valence-electron chi connectivity index (χ3n) is 9.17. The van der Waals surface area contributed by atoms with Gasteiger partial charge in [-0.3, -0.25) is 9.59 Å². The van der Waals surface area contributed by atoms with Crippen molar-refractivity contribution in [2.75, 3.05) is 10.6 Å². The average Bonchev–Trinajstić information content (AvgIpc) is 3.87. The molecule has 0 aliphatic carbocycles. The number of aliphatic hydroxyl groups is 2. The van der Waals surface area contributed by atoms with Crippen molar-refractivity contribution in [2.24, 2.45) is 11.8 Å². The molecular formula is C42H46N6O4. The number of carbonyl (C=O) groups is 2. The van der Waals surface area contributed by atoms with Crippen LogP contribution in [0, 0.1) is 11.8 Å². The van der Waals surface area contributed by atoms with Crippen LogP contribution in [0.3, 0.4) is 0 Å². The predicted octanol–water partition coefficient (Wildman–Crippen LogP) is 7.85. The Labute approximate surface area is 304 Å². The maximum absolute atomic E-state index is 11.3. The first-order valence-electron chi connectivity index (χ1n) is 17.2. The number of anilines is 2. The summed E-state index contributed by atoms with van der Waals surface area (Å²) in [6.45, 7) is 10.9. The molecule has 0 aliphatic rings. The zero-order chi connectivity index (χ0) is 37.5. The first-order chi connectivity index (χ1) is 24.8. The molecule has 6 aromatic rings. The zero-order valence-corrected chi connectivity index (χ0v) is 30.3. The van der Waals surface area contributed by atoms with Crippen LogP contribution in [-0.4, -0.2) is 42.0 Å². The van der Waals surface area contributed by atoms with Crippen molar-refractivity contribution in [3.05, 3.63) is 145 Å². The number of amides is 2. The van der Waals surface area contributed by atoms with Crippen molar-refractivity contribution < 1.29 is 19.8 Å². The SMILES string of the molecule is CC(=O)Nc1cccc(-c2ccc(C(O)(c3cnc[nH]3)C(C)C)cc2)c1.CC(=O)Nc1cccc(-c2ccc(C(O)(c3cnc[nH]3)C(C)C)cc2)c1. The molecule has 0 radical (unpaired) electrons. The summed E-state index contributed by atoms with van der Waals surface area (Å²) in [6, 6.07) is 31.0. The van der Waals surface area contributed by atoms with E-state index in [2.05, 4.69) is 30.6 Å². The van der Waals surface area contributed by atoms with Gasteiger partial charge in [0, 0.05) is 25.2 Å². The molecule has 6 rings (SSSR count). The minimum Gasteiger partial charge on any atom is -0.379 e. The fourth-order valence-corrected chi connectivity index (χ4v) is 6.32. The summed E-state index contributed by atoms with van der Waals surface area (Å²) in [5.74, 6) is -0.258. The van der Waals surface area contributed by atoms with E-state index < -0.39 is 11.2 Å². The van der Waals surface area contributed by atoms with Crippen molar-refractivity contribution >= 4 is 23.2 Å². The molecule has 10 heteroatoms. The van der Waals surface area contributed by atoms with E-state index in [0.717, 1.165) is 44.8 Å². The van der Waals surface area contributed by atoms with Crippen molar-refractivity contribution in [3.8, 4) is 22.3 Å². The van der Waals surface area contributed by atoms with Gasteiger partial charge < -0.3 is 30.8 Å². The molecule has 6 N–H and O–H groups in total. The molecule has 2 aromatic heterocycles. The normalized spacial score (nSPS) is 13.4. The first kappa shape index (κ1) is 37.4. The van der Waals surface area contributed by atoms with E-state index in [1.54, 1.807) is 25.0 Å². The second kappa shape index (κ2) is 16.0. The lowest BCUT2D eigenvalue weighted by atomic mass is 9.80. The van der Waals surface area contributed by atoms with Gasteiger partial charge in [-0.15, -0.1) is 0 Å². The number of nitrogens with zero attached hydrogens (tertiary/aromatic N) is 2. The van der Waals surface area contributed by atoms with Gasteiger partial charge in [-0.2, -0.15) is 0 Å². The summed E-state index contributed by atoms with van der Waals surface area (Å²) < 4.78 is 0. The van der Waals surface area contributed by atoms with E-state index in [1.165, 1.54) is 13.8 Å². The average molecular weight is 699 g/mol. The van der Waals surface area contributed by atoms with Crippen molar-refractivity contribution in [3.63, 3.8) is 0 Å². The lowest BCUT2D eigenvalue weighted by molar-refractivity contribution is -0.115. The topological polar surface area (TPSA) is 156 Å². The van der Waals surface area contributed by atoms with Gasteiger partial charge in [0.15, 0.2) is 0 Å². The van der Waals surface area contributed by atoms with E-state index in [9.17, 15) is 19.8 Å². The molecule has 2 unspecified atom stereocenters. The Bertz CT molecular complexity index is 1920. The second-order valence-electron chi connectivity index (χ2n) is 13.5. The molecule has 0 fully saturated rings. The molecule has 0 saturated heterocycles. The number of hydrogen-bond donors (Lipinski definition) is 6. The van der Waals surface area contributed by atoms with Crippen LogP contribution in [0.5, 0.6) is 0 Å². The standard InChI is InChI=1S/2C21H23N3O2/c2*1-14(2)21(26,20-12-22-13-23-20)18-9-7-16(8-10-18)17-5-4-6-19(11-17)24-15(3)25/h2*4-14,26H,1-3H3,(H,22,23)(H,24,25). The lowest BCUT2D eigenvalue weighted by Gasteiger charge is -2.31. The smallest absolute Gasteiger partial charge is 0.221 e. The molecule has 4 aromatic carbocycles. The van der Waals surface area contributed by atoms with Gasteiger partial charge in [-0.1, -0.05) is 100 Å². The number of rotatable bonds is 10. The summed E-state index contributed by atoms with van der Waals surface area (Å²) in [4.78, 5) is 36.6. The largest absolute Gasteiger partial charge is 0.379 e. The second-order valence-corrected chi connectivity index (χ2v) is 13.5. The molecule has 0 spiro atoms. The van der Waals surface area contributed by atoms with E-state index in [0.29, 0.717) is 11.4 Å². The Morgan fingerprint density at radius 1 is 0.577 bits per heavy atom. The lowest BCUT2D eigenvalue weighted by Crippen LogP contribution is -2.33. The number of H-pyrrole nitrogens is 2. The number of aromatic nitrogens is 4. The van der Waals surface area contributed by atoms with Gasteiger partial charge in [0.25, 0.3) is 0 Å². The molecule has 268 valence electrons. The van der Waals surface area contributed by atoms with Crippen LogP contribution < -0.4 is 10.6 Å². The number of carbonyl (C=O) groups excluding carboxylic acids is 2. The van der Waals surface area contributed by atoms with Crippen LogP contribution in [0.15, 0.2) is 122 Å². The van der Waals surface area contributed by atoms with E-state index >= 15 is 0 Å². The van der Waals surface area contributed by atoms with E-state index in [4.69, 9.17) is 0 Å². The molecule has 2 heterocycles. The molecule has 10 nitrogen and oxygen atoms in total. The molecule has 52 heavy (non-hydrogen) atoms. The molecular weight excluding hydrogens is 652 g/mol. The van der Waals surface area contributed by atoms with Crippen molar-refractivity contribution in [2.45, 2.75) is 52.7 Å². The quantitative estimate of drug-likeness (QED) is 0.0856. The Hall–Kier alpha value is -5.84. The summed E-state index contributed by atoms with van der Waals surface area (Å²) in [5.41, 5.74) is 6.23. The third-order valence-corrected chi connectivity index (χ3v) is 9.17. The number of hydrogen-bond acceptors (Lipinski definition) is 6. The number of imidazole rings is 2. The number of benzene rings is 4. The monoisotopic (exact) mass is 698 g/mol. The van der Waals surface area contributed by atoms with Crippen molar-refractivity contribution in [1.82, 2.24) is 19.9 Å². The van der Waals surface area contributed by atoms with E-state index in [1.807, 2.05) is 125 Å². The van der Waals surface area contributed by atoms with Gasteiger partial charge in [-0.25, -0.2) is 9.97 Å². The van der Waals surface area contributed by atoms with Gasteiger partial charge in [0.2, 0.25) is 11.8 Å². The summed E-state index contributed by atoms with van der Waals surface area (Å²) >= 11 is 0. The van der Waals surface area contributed by atoms with Crippen LogP contribution >= 0.6 is 0 Å². The minimum absolute atomic E-state index is 0.0307. The third kappa shape index (κ3) is 8.20. The fourth-order valence-electron chi connectivity index (χ4n) is 6.32. The van der Waals surface area contributed by atoms with Crippen LogP contribution in [0.1, 0.15) is 64.1 Å². The molecule has 0 saturated carbocycles. The Kier molecular flexibility index (Phi) is 11.5. The van der Waals surface area contributed by atoms with Gasteiger partial charge >= 0.3 is 0 Å². The molecule has 2 atom stereocenters. The van der Waals surface area contributed by atoms with Gasteiger partial charge in [0.1, 0.15) is 11.2 Å². The molecule has 2 amide bonds. The highest BCUT2D eigenvalue weighted by Crippen LogP contribution is 2.38. The highest BCUT2D eigenvalue weighted by Gasteiger charge is 2.37. The Morgan fingerprint density at radius 3 is 1.23 bits per heavy atom.